The molecule has 0 aliphatic carbocycles. The maximum absolute atomic E-state index is 5.54. The molecule has 0 bridgehead atoms. The zero-order valence-corrected chi connectivity index (χ0v) is 22.3. The van der Waals surface area contributed by atoms with Crippen LogP contribution in [0.4, 0.5) is 0 Å². The third-order valence-corrected chi connectivity index (χ3v) is 5.89. The Morgan fingerprint density at radius 1 is 1.23 bits per heavy atom. The zero-order chi connectivity index (χ0) is 21.1. The number of rotatable bonds is 11. The Labute approximate surface area is 203 Å². The van der Waals surface area contributed by atoms with Gasteiger partial charge in [-0.05, 0) is 37.7 Å². The van der Waals surface area contributed by atoms with Gasteiger partial charge < -0.3 is 19.9 Å². The van der Waals surface area contributed by atoms with Gasteiger partial charge in [-0.3, -0.25) is 4.90 Å². The summed E-state index contributed by atoms with van der Waals surface area (Å²) in [5.74, 6) is 4.43. The summed E-state index contributed by atoms with van der Waals surface area (Å²) in [6, 6.07) is 0.481. The third-order valence-electron chi connectivity index (χ3n) is 5.19. The number of hydrogen-bond donors (Lipinski definition) is 2. The van der Waals surface area contributed by atoms with Crippen LogP contribution in [-0.4, -0.2) is 83.1 Å². The first-order valence-corrected chi connectivity index (χ1v) is 12.1. The lowest BCUT2D eigenvalue weighted by atomic mass is 10.0. The van der Waals surface area contributed by atoms with E-state index in [0.717, 1.165) is 75.6 Å². The Kier molecular flexibility index (Phi) is 14.0. The van der Waals surface area contributed by atoms with Crippen molar-refractivity contribution in [2.24, 2.45) is 18.0 Å². The Hall–Kier alpha value is -0.590. The molecule has 1 aromatic rings. The topological polar surface area (TPSA) is 79.6 Å². The molecule has 2 rings (SSSR count). The number of aromatic nitrogens is 3. The molecule has 2 N–H and O–H groups in total. The lowest BCUT2D eigenvalue weighted by Crippen LogP contribution is -2.51. The first-order valence-electron chi connectivity index (χ1n) is 10.7. The SMILES string of the molecule is CSCCCNC(=NCc1nnc(C)n1C)NCC(CC(C)C)N1CCOCC1.I. The quantitative estimate of drug-likeness (QED) is 0.189. The maximum Gasteiger partial charge on any atom is 0.191 e. The van der Waals surface area contributed by atoms with Crippen molar-refractivity contribution in [3.05, 3.63) is 11.6 Å². The van der Waals surface area contributed by atoms with Crippen LogP contribution in [0.25, 0.3) is 0 Å². The van der Waals surface area contributed by atoms with Gasteiger partial charge in [-0.15, -0.1) is 34.2 Å². The maximum atomic E-state index is 5.54. The second kappa shape index (κ2) is 15.3. The normalized spacial score (nSPS) is 16.4. The van der Waals surface area contributed by atoms with E-state index in [2.05, 4.69) is 45.8 Å². The summed E-state index contributed by atoms with van der Waals surface area (Å²) in [5.41, 5.74) is 0. The summed E-state index contributed by atoms with van der Waals surface area (Å²) >= 11 is 1.87. The molecule has 2 heterocycles. The highest BCUT2D eigenvalue weighted by atomic mass is 127. The van der Waals surface area contributed by atoms with E-state index < -0.39 is 0 Å². The van der Waals surface area contributed by atoms with Gasteiger partial charge in [0, 0.05) is 39.3 Å². The number of halogens is 1. The minimum absolute atomic E-state index is 0. The van der Waals surface area contributed by atoms with E-state index in [1.807, 2.05) is 30.3 Å². The zero-order valence-electron chi connectivity index (χ0n) is 19.2. The monoisotopic (exact) mass is 553 g/mol. The summed E-state index contributed by atoms with van der Waals surface area (Å²) in [6.45, 7) is 12.5. The van der Waals surface area contributed by atoms with Crippen molar-refractivity contribution < 1.29 is 4.74 Å². The molecule has 0 amide bonds. The minimum Gasteiger partial charge on any atom is -0.379 e. The molecule has 1 aromatic heterocycles. The van der Waals surface area contributed by atoms with Gasteiger partial charge >= 0.3 is 0 Å². The second-order valence-electron chi connectivity index (χ2n) is 7.97. The van der Waals surface area contributed by atoms with E-state index in [0.29, 0.717) is 18.5 Å². The number of ether oxygens (including phenoxy) is 1. The fraction of sp³-hybridized carbons (Fsp3) is 0.850. The molecule has 0 radical (unpaired) electrons. The van der Waals surface area contributed by atoms with Crippen molar-refractivity contribution >= 4 is 41.7 Å². The molecule has 8 nitrogen and oxygen atoms in total. The van der Waals surface area contributed by atoms with Crippen LogP contribution >= 0.6 is 35.7 Å². The van der Waals surface area contributed by atoms with Crippen molar-refractivity contribution in [2.75, 3.05) is 51.4 Å². The smallest absolute Gasteiger partial charge is 0.191 e. The van der Waals surface area contributed by atoms with Crippen molar-refractivity contribution in [2.45, 2.75) is 46.2 Å². The summed E-state index contributed by atoms with van der Waals surface area (Å²) in [6.07, 6.45) is 4.42. The van der Waals surface area contributed by atoms with E-state index in [-0.39, 0.29) is 24.0 Å². The van der Waals surface area contributed by atoms with Gasteiger partial charge in [-0.2, -0.15) is 11.8 Å². The van der Waals surface area contributed by atoms with Crippen LogP contribution < -0.4 is 10.6 Å². The van der Waals surface area contributed by atoms with E-state index in [1.54, 1.807) is 0 Å². The van der Waals surface area contributed by atoms with Crippen molar-refractivity contribution in [1.82, 2.24) is 30.3 Å². The van der Waals surface area contributed by atoms with Crippen LogP contribution in [0.1, 0.15) is 38.3 Å². The van der Waals surface area contributed by atoms with Gasteiger partial charge in [0.1, 0.15) is 12.4 Å². The van der Waals surface area contributed by atoms with Crippen LogP contribution in [0.15, 0.2) is 4.99 Å². The van der Waals surface area contributed by atoms with Crippen LogP contribution in [-0.2, 0) is 18.3 Å². The molecule has 10 heteroatoms. The molecule has 0 saturated carbocycles. The van der Waals surface area contributed by atoms with E-state index in [4.69, 9.17) is 9.73 Å². The van der Waals surface area contributed by atoms with Gasteiger partial charge in [0.05, 0.1) is 13.2 Å². The Balaban J connectivity index is 0.00000450. The third kappa shape index (κ3) is 9.69. The van der Waals surface area contributed by atoms with Crippen molar-refractivity contribution in [3.63, 3.8) is 0 Å². The molecule has 1 aliphatic heterocycles. The Morgan fingerprint density at radius 2 is 1.97 bits per heavy atom. The standard InChI is InChI=1S/C20H39N7OS.HI/c1-16(2)13-18(27-8-10-28-11-9-27)14-22-20(21-7-6-12-29-5)23-15-19-25-24-17(3)26(19)4;/h16,18H,6-15H2,1-5H3,(H2,21,22,23);1H. The number of thioether (sulfide) groups is 1. The number of aryl methyl sites for hydroxylation is 1. The first-order chi connectivity index (χ1) is 14.0. The number of aliphatic imine (C=N–C) groups is 1. The molecule has 1 unspecified atom stereocenters. The summed E-state index contributed by atoms with van der Waals surface area (Å²) in [4.78, 5) is 7.33. The van der Waals surface area contributed by atoms with Crippen LogP contribution in [0.5, 0.6) is 0 Å². The molecule has 1 atom stereocenters. The summed E-state index contributed by atoms with van der Waals surface area (Å²) in [7, 11) is 1.98. The summed E-state index contributed by atoms with van der Waals surface area (Å²) < 4.78 is 7.53. The number of morpholine rings is 1. The first kappa shape index (κ1) is 27.4. The van der Waals surface area contributed by atoms with Gasteiger partial charge in [0.2, 0.25) is 0 Å². The molecular formula is C20H40IN7OS. The number of nitrogens with zero attached hydrogens (tertiary/aromatic N) is 5. The predicted octanol–water partition coefficient (Wildman–Crippen LogP) is 2.28. The molecule has 174 valence electrons. The molecule has 1 aliphatic rings. The average molecular weight is 554 g/mol. The number of hydrogen-bond acceptors (Lipinski definition) is 6. The number of guanidine groups is 1. The van der Waals surface area contributed by atoms with Crippen LogP contribution in [0.3, 0.4) is 0 Å². The van der Waals surface area contributed by atoms with Gasteiger partial charge in [0.15, 0.2) is 11.8 Å². The fourth-order valence-corrected chi connectivity index (χ4v) is 3.83. The van der Waals surface area contributed by atoms with Crippen LogP contribution in [0.2, 0.25) is 0 Å². The highest BCUT2D eigenvalue weighted by molar-refractivity contribution is 14.0. The van der Waals surface area contributed by atoms with E-state index in [1.165, 1.54) is 0 Å². The largest absolute Gasteiger partial charge is 0.379 e. The minimum atomic E-state index is 0. The lowest BCUT2D eigenvalue weighted by molar-refractivity contribution is 0.0132. The average Bonchev–Trinajstić information content (AvgIpc) is 3.04. The van der Waals surface area contributed by atoms with Crippen LogP contribution in [0, 0.1) is 12.8 Å². The summed E-state index contributed by atoms with van der Waals surface area (Å²) in [5, 5.41) is 15.4. The molecular weight excluding hydrogens is 513 g/mol. The van der Waals surface area contributed by atoms with Gasteiger partial charge in [-0.1, -0.05) is 13.8 Å². The van der Waals surface area contributed by atoms with Gasteiger partial charge in [-0.25, -0.2) is 4.99 Å². The van der Waals surface area contributed by atoms with E-state index >= 15 is 0 Å². The predicted molar refractivity (Wildman–Crippen MR) is 137 cm³/mol. The molecule has 0 aromatic carbocycles. The molecule has 1 fully saturated rings. The number of nitrogens with one attached hydrogen (secondary N) is 2. The fourth-order valence-electron chi connectivity index (χ4n) is 3.40. The molecule has 1 saturated heterocycles. The molecule has 0 spiro atoms. The van der Waals surface area contributed by atoms with Gasteiger partial charge in [0.25, 0.3) is 0 Å². The Bertz CT molecular complexity index is 620. The second-order valence-corrected chi connectivity index (χ2v) is 8.96. The van der Waals surface area contributed by atoms with Crippen molar-refractivity contribution in [1.29, 1.82) is 0 Å². The Morgan fingerprint density at radius 3 is 2.57 bits per heavy atom. The van der Waals surface area contributed by atoms with E-state index in [9.17, 15) is 0 Å². The highest BCUT2D eigenvalue weighted by Crippen LogP contribution is 2.13. The lowest BCUT2D eigenvalue weighted by Gasteiger charge is -2.35. The van der Waals surface area contributed by atoms with Crippen molar-refractivity contribution in [3.8, 4) is 0 Å². The molecule has 30 heavy (non-hydrogen) atoms. The highest BCUT2D eigenvalue weighted by Gasteiger charge is 2.22.